The van der Waals surface area contributed by atoms with Crippen LogP contribution in [0.4, 0.5) is 5.82 Å². The van der Waals surface area contributed by atoms with Gasteiger partial charge in [-0.1, -0.05) is 24.3 Å². The predicted octanol–water partition coefficient (Wildman–Crippen LogP) is 4.41. The lowest BCUT2D eigenvalue weighted by molar-refractivity contribution is -0.156. The molecule has 0 unspecified atom stereocenters. The molecule has 1 fully saturated rings. The van der Waals surface area contributed by atoms with E-state index in [1.807, 2.05) is 33.0 Å². The van der Waals surface area contributed by atoms with Gasteiger partial charge in [-0.3, -0.25) is 9.69 Å². The van der Waals surface area contributed by atoms with Gasteiger partial charge in [-0.2, -0.15) is 0 Å². The highest BCUT2D eigenvalue weighted by Crippen LogP contribution is 2.15. The van der Waals surface area contributed by atoms with Crippen LogP contribution in [-0.4, -0.2) is 74.1 Å². The smallest absolute Gasteiger partial charge is 0.308 e. The average molecular weight is 498 g/mol. The lowest BCUT2D eigenvalue weighted by atomic mass is 10.1. The molecule has 0 saturated carbocycles. The van der Waals surface area contributed by atoms with Gasteiger partial charge >= 0.3 is 5.97 Å². The van der Waals surface area contributed by atoms with Crippen molar-refractivity contribution in [1.82, 2.24) is 9.88 Å². The molecule has 0 N–H and O–H groups in total. The summed E-state index contributed by atoms with van der Waals surface area (Å²) in [7, 11) is 0. The molecule has 2 aromatic rings. The number of carbonyl (C=O) groups excluding carboxylic acids is 1. The largest absolute Gasteiger partial charge is 0.460 e. The minimum atomic E-state index is -0.452. The molecule has 1 saturated heterocycles. The lowest BCUT2D eigenvalue weighted by Gasteiger charge is -2.29. The monoisotopic (exact) mass is 497 g/mol. The summed E-state index contributed by atoms with van der Waals surface area (Å²) < 4.78 is 16.9. The van der Waals surface area contributed by atoms with Crippen LogP contribution in [0.5, 0.6) is 0 Å². The second-order valence-corrected chi connectivity index (χ2v) is 10.4. The van der Waals surface area contributed by atoms with E-state index in [1.165, 1.54) is 16.7 Å². The number of carbonyl (C=O) groups is 1. The number of aromatic nitrogens is 1. The molecular formula is C29H43N3O4. The SMILES string of the molecule is Cc1ccnc(N2CCCN(Cc3cccc(CCOCCC(=O)OC(C)(C)C)c3)CCOCC2)c1. The second kappa shape index (κ2) is 14.3. The molecule has 198 valence electrons. The van der Waals surface area contributed by atoms with E-state index in [9.17, 15) is 4.79 Å². The summed E-state index contributed by atoms with van der Waals surface area (Å²) in [6.07, 6.45) is 4.08. The lowest BCUT2D eigenvalue weighted by Crippen LogP contribution is -2.36. The number of hydrogen-bond donors (Lipinski definition) is 0. The fourth-order valence-electron chi connectivity index (χ4n) is 4.24. The average Bonchev–Trinajstić information content (AvgIpc) is 2.82. The molecule has 1 aromatic carbocycles. The van der Waals surface area contributed by atoms with Gasteiger partial charge in [-0.25, -0.2) is 4.98 Å². The molecular weight excluding hydrogens is 454 g/mol. The Morgan fingerprint density at radius 3 is 2.64 bits per heavy atom. The van der Waals surface area contributed by atoms with Gasteiger partial charge in [0, 0.05) is 38.9 Å². The summed E-state index contributed by atoms with van der Waals surface area (Å²) in [6.45, 7) is 14.9. The van der Waals surface area contributed by atoms with E-state index in [2.05, 4.69) is 52.0 Å². The van der Waals surface area contributed by atoms with Crippen LogP contribution in [0.15, 0.2) is 42.6 Å². The fraction of sp³-hybridized carbons (Fsp3) is 0.586. The first-order valence-corrected chi connectivity index (χ1v) is 13.1. The van der Waals surface area contributed by atoms with Gasteiger partial charge in [-0.05, 0) is 69.4 Å². The van der Waals surface area contributed by atoms with Crippen LogP contribution in [0, 0.1) is 6.92 Å². The minimum absolute atomic E-state index is 0.216. The van der Waals surface area contributed by atoms with Gasteiger partial charge in [0.1, 0.15) is 11.4 Å². The first kappa shape index (κ1) is 28.1. The van der Waals surface area contributed by atoms with Crippen molar-refractivity contribution in [3.8, 4) is 0 Å². The summed E-state index contributed by atoms with van der Waals surface area (Å²) in [5.74, 6) is 0.818. The molecule has 2 heterocycles. The van der Waals surface area contributed by atoms with Crippen LogP contribution >= 0.6 is 0 Å². The third kappa shape index (κ3) is 10.6. The number of benzene rings is 1. The van der Waals surface area contributed by atoms with E-state index >= 15 is 0 Å². The third-order valence-electron chi connectivity index (χ3n) is 5.99. The van der Waals surface area contributed by atoms with E-state index < -0.39 is 5.60 Å². The maximum Gasteiger partial charge on any atom is 0.308 e. The fourth-order valence-corrected chi connectivity index (χ4v) is 4.24. The molecule has 0 bridgehead atoms. The summed E-state index contributed by atoms with van der Waals surface area (Å²) in [4.78, 5) is 21.2. The number of ether oxygens (including phenoxy) is 3. The van der Waals surface area contributed by atoms with Crippen LogP contribution < -0.4 is 4.90 Å². The Kier molecular flexibility index (Phi) is 11.2. The predicted molar refractivity (Wildman–Crippen MR) is 143 cm³/mol. The molecule has 7 nitrogen and oxygen atoms in total. The number of anilines is 1. The van der Waals surface area contributed by atoms with Gasteiger partial charge < -0.3 is 19.1 Å². The number of pyridine rings is 1. The molecule has 3 rings (SSSR count). The Balaban J connectivity index is 1.44. The molecule has 36 heavy (non-hydrogen) atoms. The Labute approximate surface area is 216 Å². The van der Waals surface area contributed by atoms with Crippen LogP contribution in [0.3, 0.4) is 0 Å². The van der Waals surface area contributed by atoms with Crippen molar-refractivity contribution in [1.29, 1.82) is 0 Å². The van der Waals surface area contributed by atoms with Crippen LogP contribution in [0.2, 0.25) is 0 Å². The molecule has 7 heteroatoms. The molecule has 0 aliphatic carbocycles. The maximum absolute atomic E-state index is 11.8. The molecule has 0 radical (unpaired) electrons. The van der Waals surface area contributed by atoms with E-state index in [0.29, 0.717) is 19.8 Å². The highest BCUT2D eigenvalue weighted by molar-refractivity contribution is 5.69. The minimum Gasteiger partial charge on any atom is -0.460 e. The normalized spacial score (nSPS) is 16.1. The Morgan fingerprint density at radius 1 is 1.03 bits per heavy atom. The standard InChI is InChI=1S/C29H43N3O4/c1-24-9-12-30-27(21-24)32-14-6-13-31(15-19-35-20-16-32)23-26-8-5-7-25(22-26)10-17-34-18-11-28(33)36-29(2,3)4/h5,7-9,12,21-22H,6,10-11,13-20,23H2,1-4H3. The van der Waals surface area contributed by atoms with Gasteiger partial charge in [0.05, 0.1) is 32.8 Å². The van der Waals surface area contributed by atoms with Gasteiger partial charge in [0.2, 0.25) is 0 Å². The number of nitrogens with zero attached hydrogens (tertiary/aromatic N) is 3. The highest BCUT2D eigenvalue weighted by Gasteiger charge is 2.16. The first-order valence-electron chi connectivity index (χ1n) is 13.1. The van der Waals surface area contributed by atoms with Crippen LogP contribution in [-0.2, 0) is 32.0 Å². The molecule has 1 aliphatic heterocycles. The highest BCUT2D eigenvalue weighted by atomic mass is 16.6. The summed E-state index contributed by atoms with van der Waals surface area (Å²) >= 11 is 0. The number of esters is 1. The van der Waals surface area contributed by atoms with E-state index in [1.54, 1.807) is 0 Å². The van der Waals surface area contributed by atoms with E-state index in [-0.39, 0.29) is 12.4 Å². The topological polar surface area (TPSA) is 64.1 Å². The van der Waals surface area contributed by atoms with Crippen LogP contribution in [0.25, 0.3) is 0 Å². The quantitative estimate of drug-likeness (QED) is 0.376. The van der Waals surface area contributed by atoms with Crippen molar-refractivity contribution in [3.05, 3.63) is 59.3 Å². The number of hydrogen-bond acceptors (Lipinski definition) is 7. The van der Waals surface area contributed by atoms with Crippen molar-refractivity contribution in [2.24, 2.45) is 0 Å². The van der Waals surface area contributed by atoms with Crippen molar-refractivity contribution < 1.29 is 19.0 Å². The van der Waals surface area contributed by atoms with Crippen molar-refractivity contribution in [2.75, 3.05) is 57.5 Å². The molecule has 1 aromatic heterocycles. The van der Waals surface area contributed by atoms with Crippen molar-refractivity contribution in [3.63, 3.8) is 0 Å². The van der Waals surface area contributed by atoms with Gasteiger partial charge in [0.25, 0.3) is 0 Å². The maximum atomic E-state index is 11.8. The van der Waals surface area contributed by atoms with E-state index in [4.69, 9.17) is 14.2 Å². The summed E-state index contributed by atoms with van der Waals surface area (Å²) in [5, 5.41) is 0. The molecule has 0 atom stereocenters. The zero-order valence-electron chi connectivity index (χ0n) is 22.5. The third-order valence-corrected chi connectivity index (χ3v) is 5.99. The van der Waals surface area contributed by atoms with Crippen LogP contribution in [0.1, 0.15) is 50.3 Å². The molecule has 0 amide bonds. The van der Waals surface area contributed by atoms with Gasteiger partial charge in [0.15, 0.2) is 0 Å². The zero-order chi connectivity index (χ0) is 25.8. The Hall–Kier alpha value is -2.48. The summed E-state index contributed by atoms with van der Waals surface area (Å²) in [6, 6.07) is 12.9. The Morgan fingerprint density at radius 2 is 1.83 bits per heavy atom. The Bertz CT molecular complexity index is 944. The van der Waals surface area contributed by atoms with Gasteiger partial charge in [-0.15, -0.1) is 0 Å². The molecule has 0 spiro atoms. The number of rotatable bonds is 9. The van der Waals surface area contributed by atoms with E-state index in [0.717, 1.165) is 58.0 Å². The second-order valence-electron chi connectivity index (χ2n) is 10.4. The van der Waals surface area contributed by atoms with Crippen molar-refractivity contribution >= 4 is 11.8 Å². The first-order chi connectivity index (χ1) is 17.3. The van der Waals surface area contributed by atoms with Crippen molar-refractivity contribution in [2.45, 2.75) is 59.1 Å². The molecule has 1 aliphatic rings. The number of aryl methyl sites for hydroxylation is 1. The zero-order valence-corrected chi connectivity index (χ0v) is 22.5. The summed E-state index contributed by atoms with van der Waals surface area (Å²) in [5.41, 5.74) is 3.33.